The lowest BCUT2D eigenvalue weighted by Gasteiger charge is -2.66. The van der Waals surface area contributed by atoms with Crippen LogP contribution in [0.25, 0.3) is 0 Å². The van der Waals surface area contributed by atoms with Crippen molar-refractivity contribution >= 4 is 30.9 Å². The van der Waals surface area contributed by atoms with Crippen molar-refractivity contribution < 1.29 is 22.8 Å². The van der Waals surface area contributed by atoms with Crippen LogP contribution >= 0.6 is 0 Å². The Bertz CT molecular complexity index is 1020. The van der Waals surface area contributed by atoms with Gasteiger partial charge in [-0.1, -0.05) is 41.5 Å². The number of carbonyl (C=O) groups excluding carboxylic acids is 1. The highest BCUT2D eigenvalue weighted by Crippen LogP contribution is 2.70. The summed E-state index contributed by atoms with van der Waals surface area (Å²) in [6, 6.07) is 3.51. The van der Waals surface area contributed by atoms with Gasteiger partial charge < -0.3 is 18.0 Å². The summed E-state index contributed by atoms with van der Waals surface area (Å²) in [5, 5.41) is 0. The Morgan fingerprint density at radius 1 is 0.800 bits per heavy atom. The maximum absolute atomic E-state index is 12.2. The van der Waals surface area contributed by atoms with Crippen molar-refractivity contribution in [2.45, 2.75) is 175 Å². The Hall–Kier alpha value is 0.000649. The molecule has 4 aliphatic rings. The third kappa shape index (κ3) is 7.76. The maximum atomic E-state index is 12.2. The molecule has 0 aromatic heterocycles. The highest BCUT2D eigenvalue weighted by Gasteiger charge is 2.67. The van der Waals surface area contributed by atoms with Gasteiger partial charge in [0.2, 0.25) is 0 Å². The average Bonchev–Trinajstić information content (AvgIpc) is 3.34. The molecule has 0 heterocycles. The number of esters is 1. The molecule has 0 aliphatic heterocycles. The van der Waals surface area contributed by atoms with Crippen LogP contribution in [0.2, 0.25) is 57.4 Å². The lowest BCUT2D eigenvalue weighted by atomic mass is 9.43. The Morgan fingerprint density at radius 3 is 2.00 bits per heavy atom. The fourth-order valence-electron chi connectivity index (χ4n) is 10.6. The van der Waals surface area contributed by atoms with Gasteiger partial charge in [0, 0.05) is 18.6 Å². The van der Waals surface area contributed by atoms with Gasteiger partial charge in [0.1, 0.15) is 0 Å². The third-order valence-electron chi connectivity index (χ3n) is 14.4. The topological polar surface area (TPSA) is 54.0 Å². The second-order valence-electron chi connectivity index (χ2n) is 18.2. The highest BCUT2D eigenvalue weighted by molar-refractivity contribution is 6.71. The number of rotatable bonds is 13. The maximum Gasteiger partial charge on any atom is 0.305 e. The van der Waals surface area contributed by atoms with Gasteiger partial charge in [-0.3, -0.25) is 4.79 Å². The van der Waals surface area contributed by atoms with Crippen molar-refractivity contribution in [1.29, 1.82) is 0 Å². The van der Waals surface area contributed by atoms with Gasteiger partial charge in [-0.05, 0) is 155 Å². The van der Waals surface area contributed by atoms with E-state index in [1.807, 2.05) is 0 Å². The van der Waals surface area contributed by atoms with Gasteiger partial charge in [0.25, 0.3) is 0 Å². The molecule has 0 aromatic rings. The van der Waals surface area contributed by atoms with E-state index in [1.54, 1.807) is 0 Å². The first-order chi connectivity index (χ1) is 20.9. The Labute approximate surface area is 281 Å². The van der Waals surface area contributed by atoms with Crippen molar-refractivity contribution in [2.75, 3.05) is 7.11 Å². The molecule has 4 aliphatic carbocycles. The molecular formula is C37H72O5Si3. The zero-order valence-electron chi connectivity index (χ0n) is 31.7. The van der Waals surface area contributed by atoms with E-state index in [-0.39, 0.29) is 17.5 Å². The van der Waals surface area contributed by atoms with Crippen LogP contribution in [0.3, 0.4) is 0 Å². The van der Waals surface area contributed by atoms with Crippen LogP contribution in [0.1, 0.15) is 99.3 Å². The molecule has 0 amide bonds. The van der Waals surface area contributed by atoms with E-state index in [4.69, 9.17) is 18.0 Å². The molecule has 4 saturated carbocycles. The summed E-state index contributed by atoms with van der Waals surface area (Å²) in [7, 11) is -3.69. The predicted molar refractivity (Wildman–Crippen MR) is 195 cm³/mol. The summed E-state index contributed by atoms with van der Waals surface area (Å²) in [5.41, 5.74) is 0.422. The lowest BCUT2D eigenvalue weighted by molar-refractivity contribution is -0.199. The van der Waals surface area contributed by atoms with E-state index >= 15 is 0 Å². The summed E-state index contributed by atoms with van der Waals surface area (Å²) < 4.78 is 27.0. The number of methoxy groups -OCH3 is 1. The first kappa shape index (κ1) is 37.8. The zero-order valence-corrected chi connectivity index (χ0v) is 34.7. The number of hydrogen-bond donors (Lipinski definition) is 0. The summed E-state index contributed by atoms with van der Waals surface area (Å²) in [4.78, 5) is 12.2. The minimum Gasteiger partial charge on any atom is -0.469 e. The lowest BCUT2D eigenvalue weighted by Crippen LogP contribution is -2.65. The molecule has 262 valence electrons. The van der Waals surface area contributed by atoms with Crippen LogP contribution in [0.15, 0.2) is 0 Å². The SMILES string of the molecule is CC[Si](C)(C)O[C@H]1CC[C@@]2(C)[C@@H](C1)C[C@H](O[Si](C)(C)CC)[C@@H]1[C@@H]2C[C@@H](O[Si](C)(C)CC)[C@]2(C)[C@@H]([C@H](C)CCC(=O)OC)CC[C@@H]12. The third-order valence-corrected chi connectivity index (χ3v) is 22.4. The molecule has 4 fully saturated rings. The van der Waals surface area contributed by atoms with E-state index in [2.05, 4.69) is 80.8 Å². The number of fused-ring (bicyclic) bond motifs is 5. The van der Waals surface area contributed by atoms with Gasteiger partial charge in [0.15, 0.2) is 25.0 Å². The molecule has 45 heavy (non-hydrogen) atoms. The van der Waals surface area contributed by atoms with E-state index in [0.717, 1.165) is 12.5 Å². The molecule has 0 N–H and O–H groups in total. The standard InChI is InChI=1S/C37H72O5Si3/c1-14-43(8,9)40-28-21-22-36(5)27(23-28)24-32(41-44(10,11)15-2)35-30-19-18-29(26(4)17-20-34(38)39-7)37(30,6)33(25-31(35)36)42-45(12,13)16-3/h26-33,35H,14-25H2,1-13H3/t26-,27+,28+,29-,30+,31+,32+,33-,35+,36+,37-/m1/s1. The number of carbonyl (C=O) groups is 1. The highest BCUT2D eigenvalue weighted by atomic mass is 28.4. The molecule has 0 radical (unpaired) electrons. The minimum atomic E-state index is -1.82. The van der Waals surface area contributed by atoms with Crippen LogP contribution in [-0.2, 0) is 22.8 Å². The van der Waals surface area contributed by atoms with E-state index < -0.39 is 25.0 Å². The Balaban J connectivity index is 1.74. The van der Waals surface area contributed by atoms with Crippen LogP contribution in [-0.4, -0.2) is 56.3 Å². The molecule has 4 rings (SSSR count). The second kappa shape index (κ2) is 14.1. The summed E-state index contributed by atoms with van der Waals surface area (Å²) in [6.45, 7) is 29.3. The molecule has 0 spiro atoms. The molecule has 11 atom stereocenters. The summed E-state index contributed by atoms with van der Waals surface area (Å²) in [5.74, 6) is 3.45. The van der Waals surface area contributed by atoms with Gasteiger partial charge in [-0.2, -0.15) is 0 Å². The zero-order chi connectivity index (χ0) is 33.6. The minimum absolute atomic E-state index is 0.0754. The predicted octanol–water partition coefficient (Wildman–Crippen LogP) is 10.3. The fourth-order valence-corrected chi connectivity index (χ4v) is 14.4. The monoisotopic (exact) mass is 680 g/mol. The van der Waals surface area contributed by atoms with Gasteiger partial charge in [-0.25, -0.2) is 0 Å². The van der Waals surface area contributed by atoms with Crippen LogP contribution in [0.5, 0.6) is 0 Å². The van der Waals surface area contributed by atoms with Crippen molar-refractivity contribution in [3.8, 4) is 0 Å². The molecule has 8 heteroatoms. The van der Waals surface area contributed by atoms with Crippen LogP contribution < -0.4 is 0 Å². The molecule has 0 aromatic carbocycles. The van der Waals surface area contributed by atoms with Crippen molar-refractivity contribution in [2.24, 2.45) is 46.3 Å². The van der Waals surface area contributed by atoms with Gasteiger partial charge >= 0.3 is 5.97 Å². The average molecular weight is 681 g/mol. The van der Waals surface area contributed by atoms with Crippen molar-refractivity contribution in [1.82, 2.24) is 0 Å². The van der Waals surface area contributed by atoms with E-state index in [9.17, 15) is 4.79 Å². The van der Waals surface area contributed by atoms with Crippen LogP contribution in [0, 0.1) is 46.3 Å². The largest absolute Gasteiger partial charge is 0.469 e. The second-order valence-corrected chi connectivity index (χ2v) is 31.6. The van der Waals surface area contributed by atoms with Crippen LogP contribution in [0.4, 0.5) is 0 Å². The van der Waals surface area contributed by atoms with E-state index in [1.165, 1.54) is 64.1 Å². The normalized spacial score (nSPS) is 39.5. The van der Waals surface area contributed by atoms with Crippen molar-refractivity contribution in [3.05, 3.63) is 0 Å². The van der Waals surface area contributed by atoms with Gasteiger partial charge in [-0.15, -0.1) is 0 Å². The fraction of sp³-hybridized carbons (Fsp3) is 0.973. The first-order valence-corrected chi connectivity index (χ1v) is 28.3. The summed E-state index contributed by atoms with van der Waals surface area (Å²) in [6.07, 6.45) is 11.1. The van der Waals surface area contributed by atoms with Crippen molar-refractivity contribution in [3.63, 3.8) is 0 Å². The Kier molecular flexibility index (Phi) is 11.8. The van der Waals surface area contributed by atoms with Gasteiger partial charge in [0.05, 0.1) is 13.2 Å². The first-order valence-electron chi connectivity index (χ1n) is 19.0. The number of ether oxygens (including phenoxy) is 1. The smallest absolute Gasteiger partial charge is 0.305 e. The Morgan fingerprint density at radius 2 is 1.40 bits per heavy atom. The summed E-state index contributed by atoms with van der Waals surface area (Å²) >= 11 is 0. The molecule has 0 saturated heterocycles. The van der Waals surface area contributed by atoms with E-state index in [0.29, 0.717) is 59.6 Å². The molecule has 0 bridgehead atoms. The quantitative estimate of drug-likeness (QED) is 0.143. The molecule has 0 unspecified atom stereocenters. The molecule has 5 nitrogen and oxygen atoms in total. The number of hydrogen-bond acceptors (Lipinski definition) is 5. The molecular weight excluding hydrogens is 609 g/mol.